The number of rotatable bonds is 5. The van der Waals surface area contributed by atoms with Gasteiger partial charge in [-0.25, -0.2) is 0 Å². The number of nitrogens with zero attached hydrogens (tertiary/aromatic N) is 1. The molecule has 4 heteroatoms. The lowest BCUT2D eigenvalue weighted by Crippen LogP contribution is -2.26. The first kappa shape index (κ1) is 13.3. The highest BCUT2D eigenvalue weighted by Gasteiger charge is 2.41. The molecule has 0 spiro atoms. The van der Waals surface area contributed by atoms with E-state index in [4.69, 9.17) is 0 Å². The van der Waals surface area contributed by atoms with Gasteiger partial charge in [0.2, 0.25) is 0 Å². The minimum Gasteiger partial charge on any atom is -0.393 e. The summed E-state index contributed by atoms with van der Waals surface area (Å²) in [6.07, 6.45) is 3.67. The van der Waals surface area contributed by atoms with Crippen LogP contribution >= 0.6 is 11.3 Å². The number of carbonyl (C=O) groups excluding carboxylic acids is 1. The van der Waals surface area contributed by atoms with Crippen LogP contribution in [0.4, 0.5) is 0 Å². The molecule has 1 saturated heterocycles. The molecule has 0 radical (unpaired) electrons. The number of Topliss-reactive ketones (excluding diaryl/α,β-unsaturated/α-hetero) is 1. The molecule has 0 bridgehead atoms. The molecule has 1 aromatic rings. The van der Waals surface area contributed by atoms with Gasteiger partial charge in [-0.1, -0.05) is 6.07 Å². The zero-order chi connectivity index (χ0) is 13.2. The lowest BCUT2D eigenvalue weighted by Gasteiger charge is -2.17. The minimum atomic E-state index is -0.0808. The highest BCUT2D eigenvalue weighted by molar-refractivity contribution is 7.12. The molecule has 19 heavy (non-hydrogen) atoms. The number of aliphatic hydroxyl groups excluding tert-OH is 1. The van der Waals surface area contributed by atoms with Gasteiger partial charge in [0, 0.05) is 25.4 Å². The van der Waals surface area contributed by atoms with Crippen molar-refractivity contribution in [3.8, 4) is 0 Å². The molecule has 1 aromatic heterocycles. The molecule has 2 aliphatic rings. The maximum Gasteiger partial charge on any atom is 0.172 e. The summed E-state index contributed by atoms with van der Waals surface area (Å²) >= 11 is 1.53. The molecule has 0 aromatic carbocycles. The maximum atomic E-state index is 11.9. The Labute approximate surface area is 118 Å². The molecular formula is C15H21NO2S. The molecule has 3 unspecified atom stereocenters. The number of fused-ring (bicyclic) bond motifs is 1. The van der Waals surface area contributed by atoms with Crippen LogP contribution < -0.4 is 0 Å². The highest BCUT2D eigenvalue weighted by atomic mass is 32.1. The van der Waals surface area contributed by atoms with E-state index in [1.54, 1.807) is 0 Å². The van der Waals surface area contributed by atoms with Crippen molar-refractivity contribution < 1.29 is 9.90 Å². The van der Waals surface area contributed by atoms with E-state index in [2.05, 4.69) is 4.90 Å². The average molecular weight is 279 g/mol. The topological polar surface area (TPSA) is 40.5 Å². The third-order valence-electron chi connectivity index (χ3n) is 4.57. The first-order chi connectivity index (χ1) is 9.24. The van der Waals surface area contributed by atoms with Gasteiger partial charge in [0.1, 0.15) is 0 Å². The summed E-state index contributed by atoms with van der Waals surface area (Å²) < 4.78 is 0. The second kappa shape index (κ2) is 5.73. The molecule has 1 N–H and O–H groups in total. The largest absolute Gasteiger partial charge is 0.393 e. The van der Waals surface area contributed by atoms with E-state index < -0.39 is 0 Å². The van der Waals surface area contributed by atoms with Gasteiger partial charge in [-0.3, -0.25) is 4.79 Å². The second-order valence-electron chi connectivity index (χ2n) is 5.83. The highest BCUT2D eigenvalue weighted by Crippen LogP contribution is 2.38. The zero-order valence-electron chi connectivity index (χ0n) is 11.1. The Kier molecular flexibility index (Phi) is 4.01. The van der Waals surface area contributed by atoms with E-state index in [-0.39, 0.29) is 11.9 Å². The van der Waals surface area contributed by atoms with E-state index in [0.717, 1.165) is 37.4 Å². The fraction of sp³-hybridized carbons (Fsp3) is 0.667. The minimum absolute atomic E-state index is 0.0808. The van der Waals surface area contributed by atoms with Crippen molar-refractivity contribution in [2.75, 3.05) is 19.6 Å². The third kappa shape index (κ3) is 2.91. The quantitative estimate of drug-likeness (QED) is 0.842. The van der Waals surface area contributed by atoms with Crippen molar-refractivity contribution in [2.45, 2.75) is 31.8 Å². The number of ketones is 1. The van der Waals surface area contributed by atoms with Gasteiger partial charge in [-0.05, 0) is 43.2 Å². The van der Waals surface area contributed by atoms with Crippen LogP contribution in [0, 0.1) is 11.8 Å². The van der Waals surface area contributed by atoms with Crippen LogP contribution in [-0.2, 0) is 0 Å². The smallest absolute Gasteiger partial charge is 0.172 e. The van der Waals surface area contributed by atoms with Gasteiger partial charge in [0.15, 0.2) is 5.78 Å². The molecule has 2 heterocycles. The Morgan fingerprint density at radius 1 is 1.42 bits per heavy atom. The molecule has 1 aliphatic carbocycles. The monoisotopic (exact) mass is 279 g/mol. The molecule has 1 aliphatic heterocycles. The molecule has 1 saturated carbocycles. The number of hydrogen-bond acceptors (Lipinski definition) is 4. The summed E-state index contributed by atoms with van der Waals surface area (Å²) in [7, 11) is 0. The van der Waals surface area contributed by atoms with Gasteiger partial charge in [0.25, 0.3) is 0 Å². The maximum absolute atomic E-state index is 11.9. The van der Waals surface area contributed by atoms with Crippen LogP contribution in [0.25, 0.3) is 0 Å². The fourth-order valence-corrected chi connectivity index (χ4v) is 4.23. The van der Waals surface area contributed by atoms with E-state index in [1.807, 2.05) is 17.5 Å². The van der Waals surface area contributed by atoms with Crippen LogP contribution in [0.3, 0.4) is 0 Å². The van der Waals surface area contributed by atoms with E-state index in [9.17, 15) is 9.90 Å². The van der Waals surface area contributed by atoms with Gasteiger partial charge < -0.3 is 10.0 Å². The van der Waals surface area contributed by atoms with Crippen molar-refractivity contribution in [1.82, 2.24) is 4.90 Å². The number of carbonyl (C=O) groups is 1. The van der Waals surface area contributed by atoms with E-state index in [1.165, 1.54) is 17.8 Å². The van der Waals surface area contributed by atoms with Gasteiger partial charge in [-0.15, -0.1) is 11.3 Å². The van der Waals surface area contributed by atoms with Crippen molar-refractivity contribution in [2.24, 2.45) is 11.8 Å². The Morgan fingerprint density at radius 2 is 2.32 bits per heavy atom. The number of thiophene rings is 1. The van der Waals surface area contributed by atoms with Crippen molar-refractivity contribution in [1.29, 1.82) is 0 Å². The van der Waals surface area contributed by atoms with Crippen molar-refractivity contribution >= 4 is 17.1 Å². The number of likely N-dealkylation sites (tertiary alicyclic amines) is 1. The Hall–Kier alpha value is -0.710. The van der Waals surface area contributed by atoms with Gasteiger partial charge in [-0.2, -0.15) is 0 Å². The second-order valence-corrected chi connectivity index (χ2v) is 6.78. The SMILES string of the molecule is O=C(CCCN1CC2CCC(O)C2C1)c1cccs1. The fourth-order valence-electron chi connectivity index (χ4n) is 3.54. The summed E-state index contributed by atoms with van der Waals surface area (Å²) in [5.74, 6) is 1.46. The van der Waals surface area contributed by atoms with Crippen molar-refractivity contribution in [3.05, 3.63) is 22.4 Å². The Balaban J connectivity index is 1.41. The van der Waals surface area contributed by atoms with Gasteiger partial charge in [0.05, 0.1) is 11.0 Å². The molecule has 0 amide bonds. The average Bonchev–Trinajstić information content (AvgIpc) is 3.09. The lowest BCUT2D eigenvalue weighted by atomic mass is 10.00. The van der Waals surface area contributed by atoms with Crippen LogP contribution in [-0.4, -0.2) is 41.5 Å². The number of hydrogen-bond donors (Lipinski definition) is 1. The summed E-state index contributed by atoms with van der Waals surface area (Å²) in [4.78, 5) is 15.2. The summed E-state index contributed by atoms with van der Waals surface area (Å²) in [6, 6.07) is 3.84. The third-order valence-corrected chi connectivity index (χ3v) is 5.48. The molecule has 3 atom stereocenters. The molecule has 3 nitrogen and oxygen atoms in total. The first-order valence-electron chi connectivity index (χ1n) is 7.21. The summed E-state index contributed by atoms with van der Waals surface area (Å²) in [6.45, 7) is 3.14. The van der Waals surface area contributed by atoms with Gasteiger partial charge >= 0.3 is 0 Å². The van der Waals surface area contributed by atoms with Crippen LogP contribution in [0.1, 0.15) is 35.4 Å². The molecule has 2 fully saturated rings. The molecule has 104 valence electrons. The van der Waals surface area contributed by atoms with E-state index >= 15 is 0 Å². The predicted molar refractivity (Wildman–Crippen MR) is 76.5 cm³/mol. The van der Waals surface area contributed by atoms with Crippen molar-refractivity contribution in [3.63, 3.8) is 0 Å². The zero-order valence-corrected chi connectivity index (χ0v) is 11.9. The molecular weight excluding hydrogens is 258 g/mol. The standard InChI is InChI=1S/C15H21NO2S/c17-13-6-5-11-9-16(10-12(11)13)7-1-3-14(18)15-4-2-8-19-15/h2,4,8,11-13,17H,1,3,5-7,9-10H2. The summed E-state index contributed by atoms with van der Waals surface area (Å²) in [5, 5.41) is 11.8. The van der Waals surface area contributed by atoms with Crippen LogP contribution in [0.5, 0.6) is 0 Å². The Morgan fingerprint density at radius 3 is 3.05 bits per heavy atom. The normalized spacial score (nSPS) is 30.7. The molecule has 3 rings (SSSR count). The first-order valence-corrected chi connectivity index (χ1v) is 8.09. The Bertz CT molecular complexity index is 431. The lowest BCUT2D eigenvalue weighted by molar-refractivity contribution is 0.0976. The predicted octanol–water partition coefficient (Wildman–Crippen LogP) is 2.41. The van der Waals surface area contributed by atoms with Crippen LogP contribution in [0.15, 0.2) is 17.5 Å². The van der Waals surface area contributed by atoms with E-state index in [0.29, 0.717) is 18.3 Å². The summed E-state index contributed by atoms with van der Waals surface area (Å²) in [5.41, 5.74) is 0. The van der Waals surface area contributed by atoms with Crippen LogP contribution in [0.2, 0.25) is 0 Å². The number of aliphatic hydroxyl groups is 1.